The van der Waals surface area contributed by atoms with Crippen LogP contribution >= 0.6 is 0 Å². The number of likely N-dealkylation sites (N-methyl/N-ethyl adjacent to an activating group) is 1. The number of likely N-dealkylation sites (tertiary alicyclic amines) is 1. The highest BCUT2D eigenvalue weighted by Gasteiger charge is 2.20. The first-order valence-electron chi connectivity index (χ1n) is 7.04. The number of anilines is 2. The van der Waals surface area contributed by atoms with Gasteiger partial charge in [0.1, 0.15) is 12.7 Å². The summed E-state index contributed by atoms with van der Waals surface area (Å²) in [5.74, 6) is 1.55. The van der Waals surface area contributed by atoms with E-state index in [1.807, 2.05) is 6.92 Å². The molecule has 0 bridgehead atoms. The van der Waals surface area contributed by atoms with E-state index in [2.05, 4.69) is 47.6 Å². The number of nitrogens with one attached hydrogen (secondary N) is 2. The fraction of sp³-hybridized carbons (Fsp3) is 0.583. The average Bonchev–Trinajstić information content (AvgIpc) is 3.11. The summed E-state index contributed by atoms with van der Waals surface area (Å²) in [5.41, 5.74) is 0. The van der Waals surface area contributed by atoms with Crippen molar-refractivity contribution >= 4 is 11.9 Å². The maximum absolute atomic E-state index is 4.42. The number of rotatable bonds is 5. The quantitative estimate of drug-likeness (QED) is 0.794. The molecule has 2 aromatic heterocycles. The number of nitrogens with zero attached hydrogens (tertiary/aromatic N) is 7. The molecule has 0 amide bonds. The van der Waals surface area contributed by atoms with E-state index < -0.39 is 0 Å². The van der Waals surface area contributed by atoms with Crippen molar-refractivity contribution in [3.63, 3.8) is 0 Å². The third-order valence-corrected chi connectivity index (χ3v) is 3.31. The Morgan fingerprint density at radius 1 is 1.29 bits per heavy atom. The topological polar surface area (TPSA) is 96.7 Å². The summed E-state index contributed by atoms with van der Waals surface area (Å²) in [6.45, 7) is 4.81. The molecule has 0 spiro atoms. The van der Waals surface area contributed by atoms with Crippen LogP contribution < -0.4 is 10.6 Å². The molecule has 1 saturated heterocycles. The first-order valence-corrected chi connectivity index (χ1v) is 7.04. The van der Waals surface area contributed by atoms with Gasteiger partial charge in [0, 0.05) is 19.1 Å². The third-order valence-electron chi connectivity index (χ3n) is 3.31. The lowest BCUT2D eigenvalue weighted by Crippen LogP contribution is -2.25. The Bertz CT molecular complexity index is 582. The van der Waals surface area contributed by atoms with Gasteiger partial charge in [0.25, 0.3) is 5.95 Å². The first kappa shape index (κ1) is 13.7. The van der Waals surface area contributed by atoms with Crippen LogP contribution in [0.5, 0.6) is 0 Å². The van der Waals surface area contributed by atoms with Crippen molar-refractivity contribution in [1.82, 2.24) is 34.6 Å². The van der Waals surface area contributed by atoms with Crippen molar-refractivity contribution in [2.75, 3.05) is 37.3 Å². The summed E-state index contributed by atoms with van der Waals surface area (Å²) in [7, 11) is 2.11. The molecule has 1 unspecified atom stereocenters. The molecule has 2 N–H and O–H groups in total. The molecule has 3 heterocycles. The Balaban J connectivity index is 1.84. The van der Waals surface area contributed by atoms with E-state index >= 15 is 0 Å². The molecule has 1 aliphatic heterocycles. The number of hydrogen-bond donors (Lipinski definition) is 2. The van der Waals surface area contributed by atoms with E-state index in [1.165, 1.54) is 11.0 Å². The van der Waals surface area contributed by atoms with Crippen LogP contribution in [0, 0.1) is 0 Å². The van der Waals surface area contributed by atoms with Crippen LogP contribution in [0.4, 0.5) is 11.9 Å². The molecule has 1 aliphatic rings. The lowest BCUT2D eigenvalue weighted by Gasteiger charge is -2.14. The predicted octanol–water partition coefficient (Wildman–Crippen LogP) is 0.000100. The Labute approximate surface area is 122 Å². The highest BCUT2D eigenvalue weighted by Crippen LogP contribution is 2.14. The molecule has 9 nitrogen and oxygen atoms in total. The van der Waals surface area contributed by atoms with Crippen LogP contribution in [0.2, 0.25) is 0 Å². The summed E-state index contributed by atoms with van der Waals surface area (Å²) in [4.78, 5) is 19.3. The zero-order valence-electron chi connectivity index (χ0n) is 12.2. The predicted molar refractivity (Wildman–Crippen MR) is 78.4 cm³/mol. The minimum atomic E-state index is 0.357. The van der Waals surface area contributed by atoms with E-state index in [0.717, 1.165) is 26.1 Å². The van der Waals surface area contributed by atoms with Gasteiger partial charge in [-0.25, -0.2) is 4.98 Å². The molecule has 3 rings (SSSR count). The molecular formula is C12H19N9. The largest absolute Gasteiger partial charge is 0.354 e. The molecule has 2 aromatic rings. The van der Waals surface area contributed by atoms with Gasteiger partial charge in [0.15, 0.2) is 0 Å². The Morgan fingerprint density at radius 3 is 2.81 bits per heavy atom. The minimum Gasteiger partial charge on any atom is -0.354 e. The first-order chi connectivity index (χ1) is 10.2. The van der Waals surface area contributed by atoms with E-state index in [9.17, 15) is 0 Å². The molecule has 0 aliphatic carbocycles. The van der Waals surface area contributed by atoms with E-state index in [0.29, 0.717) is 23.9 Å². The van der Waals surface area contributed by atoms with Gasteiger partial charge in [-0.05, 0) is 26.9 Å². The second kappa shape index (κ2) is 6.00. The molecule has 0 saturated carbocycles. The highest BCUT2D eigenvalue weighted by atomic mass is 15.4. The maximum atomic E-state index is 4.42. The van der Waals surface area contributed by atoms with Gasteiger partial charge >= 0.3 is 0 Å². The van der Waals surface area contributed by atoms with Crippen molar-refractivity contribution < 1.29 is 0 Å². The van der Waals surface area contributed by atoms with Gasteiger partial charge in [-0.1, -0.05) is 0 Å². The second-order valence-electron chi connectivity index (χ2n) is 5.05. The number of hydrogen-bond acceptors (Lipinski definition) is 8. The second-order valence-corrected chi connectivity index (χ2v) is 5.05. The third kappa shape index (κ3) is 3.24. The van der Waals surface area contributed by atoms with Crippen molar-refractivity contribution in [3.8, 4) is 5.95 Å². The molecule has 112 valence electrons. The van der Waals surface area contributed by atoms with Crippen molar-refractivity contribution in [3.05, 3.63) is 12.7 Å². The summed E-state index contributed by atoms with van der Waals surface area (Å²) in [6.07, 6.45) is 4.10. The molecule has 0 radical (unpaired) electrons. The van der Waals surface area contributed by atoms with Crippen molar-refractivity contribution in [1.29, 1.82) is 0 Å². The molecule has 21 heavy (non-hydrogen) atoms. The SMILES string of the molecule is CCNc1nc(NC2CCN(C)C2)nc(-n2cncn2)n1. The van der Waals surface area contributed by atoms with Crippen LogP contribution in [0.3, 0.4) is 0 Å². The highest BCUT2D eigenvalue weighted by molar-refractivity contribution is 5.38. The zero-order valence-corrected chi connectivity index (χ0v) is 12.2. The maximum Gasteiger partial charge on any atom is 0.258 e. The monoisotopic (exact) mass is 289 g/mol. The van der Waals surface area contributed by atoms with Gasteiger partial charge < -0.3 is 15.5 Å². The minimum absolute atomic E-state index is 0.357. The van der Waals surface area contributed by atoms with Crippen LogP contribution in [0.25, 0.3) is 5.95 Å². The van der Waals surface area contributed by atoms with Crippen molar-refractivity contribution in [2.24, 2.45) is 0 Å². The van der Waals surface area contributed by atoms with Crippen LogP contribution in [-0.2, 0) is 0 Å². The van der Waals surface area contributed by atoms with Gasteiger partial charge in [-0.2, -0.15) is 24.7 Å². The van der Waals surface area contributed by atoms with Crippen LogP contribution in [0.15, 0.2) is 12.7 Å². The van der Waals surface area contributed by atoms with Gasteiger partial charge in [0.2, 0.25) is 11.9 Å². The molecule has 0 aromatic carbocycles. The normalized spacial score (nSPS) is 18.9. The lowest BCUT2D eigenvalue weighted by molar-refractivity contribution is 0.414. The Kier molecular flexibility index (Phi) is 3.91. The van der Waals surface area contributed by atoms with Crippen LogP contribution in [0.1, 0.15) is 13.3 Å². The van der Waals surface area contributed by atoms with E-state index in [1.54, 1.807) is 6.33 Å². The smallest absolute Gasteiger partial charge is 0.258 e. The summed E-state index contributed by atoms with van der Waals surface area (Å²) in [5, 5.41) is 10.5. The van der Waals surface area contributed by atoms with Gasteiger partial charge in [-0.3, -0.25) is 0 Å². The van der Waals surface area contributed by atoms with Gasteiger partial charge in [-0.15, -0.1) is 0 Å². The summed E-state index contributed by atoms with van der Waals surface area (Å²) < 4.78 is 1.52. The Morgan fingerprint density at radius 2 is 2.14 bits per heavy atom. The molecule has 9 heteroatoms. The number of aromatic nitrogens is 6. The molecule has 1 atom stereocenters. The molecular weight excluding hydrogens is 270 g/mol. The average molecular weight is 289 g/mol. The van der Waals surface area contributed by atoms with Crippen molar-refractivity contribution in [2.45, 2.75) is 19.4 Å². The fourth-order valence-corrected chi connectivity index (χ4v) is 2.32. The van der Waals surface area contributed by atoms with Gasteiger partial charge in [0.05, 0.1) is 0 Å². The van der Waals surface area contributed by atoms with E-state index in [4.69, 9.17) is 0 Å². The standard InChI is InChI=1S/C12H19N9/c1-3-14-10-17-11(16-9-4-5-20(2)6-9)19-12(18-10)21-8-13-7-15-21/h7-9H,3-6H2,1-2H3,(H2,14,16,17,18,19). The Hall–Kier alpha value is -2.29. The van der Waals surface area contributed by atoms with E-state index in [-0.39, 0.29) is 0 Å². The lowest BCUT2D eigenvalue weighted by atomic mass is 10.3. The summed E-state index contributed by atoms with van der Waals surface area (Å²) in [6, 6.07) is 0.357. The van der Waals surface area contributed by atoms with Crippen LogP contribution in [-0.4, -0.2) is 67.3 Å². The molecule has 1 fully saturated rings. The fourth-order valence-electron chi connectivity index (χ4n) is 2.32. The summed E-state index contributed by atoms with van der Waals surface area (Å²) >= 11 is 0. The zero-order chi connectivity index (χ0) is 14.7.